The van der Waals surface area contributed by atoms with Crippen molar-refractivity contribution in [3.8, 4) is 5.75 Å². The number of nitrogens with zero attached hydrogens (tertiary/aromatic N) is 2. The maximum Gasteiger partial charge on any atom is 0.387 e. The molecule has 1 amide bonds. The number of hydrogen-bond acceptors (Lipinski definition) is 4. The average molecular weight is 396 g/mol. The summed E-state index contributed by atoms with van der Waals surface area (Å²) >= 11 is 0. The van der Waals surface area contributed by atoms with Gasteiger partial charge in [-0.1, -0.05) is 6.07 Å². The molecule has 1 aliphatic heterocycles. The minimum absolute atomic E-state index is 0.0947. The number of benzene rings is 2. The lowest BCUT2D eigenvalue weighted by molar-refractivity contribution is -0.0498. The Bertz CT molecular complexity index is 977. The lowest BCUT2D eigenvalue weighted by atomic mass is 10.1. The van der Waals surface area contributed by atoms with Crippen LogP contribution in [0.4, 0.5) is 14.5 Å². The third kappa shape index (κ3) is 3.79. The normalized spacial score (nSPS) is 13.9. The highest BCUT2D eigenvalue weighted by atomic mass is 32.2. The Hall–Kier alpha value is -2.52. The van der Waals surface area contributed by atoms with Gasteiger partial charge in [-0.2, -0.15) is 8.78 Å². The molecule has 0 atom stereocenters. The van der Waals surface area contributed by atoms with Crippen molar-refractivity contribution >= 4 is 21.6 Å². The quantitative estimate of drug-likeness (QED) is 0.780. The largest absolute Gasteiger partial charge is 0.435 e. The number of ether oxygens (including phenoxy) is 1. The molecule has 1 aliphatic rings. The Balaban J connectivity index is 1.89. The molecule has 6 nitrogen and oxygen atoms in total. The van der Waals surface area contributed by atoms with Crippen molar-refractivity contribution in [1.82, 2.24) is 4.31 Å². The SMILES string of the molecule is CN(C)S(=O)(=O)c1ccc2c(c1)CCN2C(=O)c1cccc(OC(F)F)c1. The van der Waals surface area contributed by atoms with E-state index < -0.39 is 16.6 Å². The highest BCUT2D eigenvalue weighted by Crippen LogP contribution is 2.32. The smallest absolute Gasteiger partial charge is 0.387 e. The molecular formula is C18H18F2N2O4S. The van der Waals surface area contributed by atoms with E-state index in [2.05, 4.69) is 4.74 Å². The van der Waals surface area contributed by atoms with Crippen LogP contribution in [0.2, 0.25) is 0 Å². The maximum absolute atomic E-state index is 12.8. The van der Waals surface area contributed by atoms with E-state index in [4.69, 9.17) is 0 Å². The standard InChI is InChI=1S/C18H18F2N2O4S/c1-21(2)27(24,25)15-6-7-16-12(11-15)8-9-22(16)17(23)13-4-3-5-14(10-13)26-18(19)20/h3-7,10-11,18H,8-9H2,1-2H3. The molecule has 2 aromatic rings. The highest BCUT2D eigenvalue weighted by molar-refractivity contribution is 7.89. The van der Waals surface area contributed by atoms with Gasteiger partial charge in [-0.25, -0.2) is 12.7 Å². The van der Waals surface area contributed by atoms with E-state index in [1.165, 1.54) is 49.3 Å². The van der Waals surface area contributed by atoms with Gasteiger partial charge in [-0.3, -0.25) is 4.79 Å². The van der Waals surface area contributed by atoms with Crippen LogP contribution in [-0.2, 0) is 16.4 Å². The van der Waals surface area contributed by atoms with Crippen molar-refractivity contribution in [1.29, 1.82) is 0 Å². The van der Waals surface area contributed by atoms with E-state index in [0.717, 1.165) is 9.87 Å². The molecule has 0 fully saturated rings. The summed E-state index contributed by atoms with van der Waals surface area (Å²) in [5, 5.41) is 0. The molecule has 27 heavy (non-hydrogen) atoms. The van der Waals surface area contributed by atoms with Crippen LogP contribution in [0.3, 0.4) is 0 Å². The van der Waals surface area contributed by atoms with E-state index >= 15 is 0 Å². The summed E-state index contributed by atoms with van der Waals surface area (Å²) in [6.45, 7) is -2.60. The van der Waals surface area contributed by atoms with E-state index in [1.807, 2.05) is 0 Å². The summed E-state index contributed by atoms with van der Waals surface area (Å²) in [5.41, 5.74) is 1.56. The van der Waals surface area contributed by atoms with Crippen LogP contribution in [0.15, 0.2) is 47.4 Å². The molecule has 0 saturated heterocycles. The Kier molecular flexibility index (Phi) is 5.16. The number of alkyl halides is 2. The molecule has 0 N–H and O–H groups in total. The minimum atomic E-state index is -3.56. The maximum atomic E-state index is 12.8. The van der Waals surface area contributed by atoms with E-state index in [1.54, 1.807) is 12.1 Å². The first-order chi connectivity index (χ1) is 12.7. The molecule has 0 radical (unpaired) electrons. The van der Waals surface area contributed by atoms with Gasteiger partial charge in [0.1, 0.15) is 5.75 Å². The number of rotatable bonds is 5. The number of carbonyl (C=O) groups is 1. The van der Waals surface area contributed by atoms with Crippen LogP contribution in [0.5, 0.6) is 5.75 Å². The zero-order chi connectivity index (χ0) is 19.8. The first-order valence-electron chi connectivity index (χ1n) is 8.12. The average Bonchev–Trinajstić information content (AvgIpc) is 3.03. The van der Waals surface area contributed by atoms with Gasteiger partial charge in [0.25, 0.3) is 5.91 Å². The minimum Gasteiger partial charge on any atom is -0.435 e. The molecule has 9 heteroatoms. The highest BCUT2D eigenvalue weighted by Gasteiger charge is 2.28. The molecule has 0 spiro atoms. The summed E-state index contributed by atoms with van der Waals surface area (Å²) < 4.78 is 54.7. The number of halogens is 2. The lowest BCUT2D eigenvalue weighted by Crippen LogP contribution is -2.29. The van der Waals surface area contributed by atoms with Crippen molar-refractivity contribution < 1.29 is 26.7 Å². The third-order valence-electron chi connectivity index (χ3n) is 4.28. The van der Waals surface area contributed by atoms with Crippen LogP contribution in [0, 0.1) is 0 Å². The van der Waals surface area contributed by atoms with Gasteiger partial charge < -0.3 is 9.64 Å². The Morgan fingerprint density at radius 2 is 1.93 bits per heavy atom. The molecule has 0 saturated carbocycles. The van der Waals surface area contributed by atoms with Gasteiger partial charge >= 0.3 is 6.61 Å². The van der Waals surface area contributed by atoms with Gasteiger partial charge in [0.2, 0.25) is 10.0 Å². The van der Waals surface area contributed by atoms with E-state index in [-0.39, 0.29) is 22.1 Å². The van der Waals surface area contributed by atoms with Gasteiger partial charge in [-0.05, 0) is 48.4 Å². The molecule has 1 heterocycles. The van der Waals surface area contributed by atoms with Gasteiger partial charge in [-0.15, -0.1) is 0 Å². The molecule has 3 rings (SSSR count). The number of anilines is 1. The van der Waals surface area contributed by atoms with Gasteiger partial charge in [0, 0.05) is 31.9 Å². The lowest BCUT2D eigenvalue weighted by Gasteiger charge is -2.18. The Morgan fingerprint density at radius 1 is 1.19 bits per heavy atom. The fraction of sp³-hybridized carbons (Fsp3) is 0.278. The van der Waals surface area contributed by atoms with Crippen molar-refractivity contribution in [3.05, 3.63) is 53.6 Å². The zero-order valence-corrected chi connectivity index (χ0v) is 15.5. The molecular weight excluding hydrogens is 378 g/mol. The van der Waals surface area contributed by atoms with Crippen LogP contribution in [0.25, 0.3) is 0 Å². The second-order valence-electron chi connectivity index (χ2n) is 6.19. The number of amides is 1. The van der Waals surface area contributed by atoms with Gasteiger partial charge in [0.15, 0.2) is 0 Å². The molecule has 0 aliphatic carbocycles. The van der Waals surface area contributed by atoms with Crippen LogP contribution < -0.4 is 9.64 Å². The second kappa shape index (κ2) is 7.24. The first kappa shape index (κ1) is 19.2. The number of sulfonamides is 1. The van der Waals surface area contributed by atoms with E-state index in [9.17, 15) is 22.0 Å². The molecule has 144 valence electrons. The van der Waals surface area contributed by atoms with Crippen molar-refractivity contribution in [2.45, 2.75) is 17.9 Å². The number of hydrogen-bond donors (Lipinski definition) is 0. The van der Waals surface area contributed by atoms with Gasteiger partial charge in [0.05, 0.1) is 4.90 Å². The summed E-state index contributed by atoms with van der Waals surface area (Å²) in [7, 11) is -0.661. The predicted octanol–water partition coefficient (Wildman–Crippen LogP) is 2.74. The molecule has 0 bridgehead atoms. The van der Waals surface area contributed by atoms with Crippen LogP contribution in [-0.4, -0.2) is 45.9 Å². The zero-order valence-electron chi connectivity index (χ0n) is 14.7. The molecule has 0 aromatic heterocycles. The fourth-order valence-electron chi connectivity index (χ4n) is 2.92. The Morgan fingerprint density at radius 3 is 2.59 bits per heavy atom. The van der Waals surface area contributed by atoms with Crippen molar-refractivity contribution in [2.75, 3.05) is 25.5 Å². The Labute approximate surface area is 156 Å². The van der Waals surface area contributed by atoms with Crippen LogP contribution in [0.1, 0.15) is 15.9 Å². The monoisotopic (exact) mass is 396 g/mol. The molecule has 2 aromatic carbocycles. The summed E-state index contributed by atoms with van der Waals surface area (Å²) in [6, 6.07) is 10.2. The van der Waals surface area contributed by atoms with Crippen molar-refractivity contribution in [3.63, 3.8) is 0 Å². The summed E-state index contributed by atoms with van der Waals surface area (Å²) in [6.07, 6.45) is 0.505. The number of carbonyl (C=O) groups excluding carboxylic acids is 1. The molecule has 0 unspecified atom stereocenters. The first-order valence-corrected chi connectivity index (χ1v) is 9.56. The summed E-state index contributed by atoms with van der Waals surface area (Å²) in [5.74, 6) is -0.459. The summed E-state index contributed by atoms with van der Waals surface area (Å²) in [4.78, 5) is 14.5. The second-order valence-corrected chi connectivity index (χ2v) is 8.34. The topological polar surface area (TPSA) is 66.9 Å². The van der Waals surface area contributed by atoms with Crippen molar-refractivity contribution in [2.24, 2.45) is 0 Å². The van der Waals surface area contributed by atoms with E-state index in [0.29, 0.717) is 18.7 Å². The predicted molar refractivity (Wildman–Crippen MR) is 95.8 cm³/mol. The number of fused-ring (bicyclic) bond motifs is 1. The third-order valence-corrected chi connectivity index (χ3v) is 6.09. The van der Waals surface area contributed by atoms with Crippen LogP contribution >= 0.6 is 0 Å². The fourth-order valence-corrected chi connectivity index (χ4v) is 3.87.